The first kappa shape index (κ1) is 13.9. The Morgan fingerprint density at radius 2 is 2.05 bits per heavy atom. The topological polar surface area (TPSA) is 70.1 Å². The molecule has 4 heterocycles. The summed E-state index contributed by atoms with van der Waals surface area (Å²) < 4.78 is 7.85. The molecule has 2 N–H and O–H groups in total. The van der Waals surface area contributed by atoms with Crippen LogP contribution in [0.4, 0.5) is 0 Å². The smallest absolute Gasteiger partial charge is 0.252 e. The first-order valence-corrected chi connectivity index (χ1v) is 7.97. The number of aryl methyl sites for hydroxylation is 1. The predicted octanol–water partition coefficient (Wildman–Crippen LogP) is 1.83. The highest BCUT2D eigenvalue weighted by Gasteiger charge is 2.47. The zero-order chi connectivity index (χ0) is 15.2. The molecule has 0 spiro atoms. The molecule has 0 amide bonds. The molecular formula is C17H21N3O2. The molecule has 1 saturated carbocycles. The van der Waals surface area contributed by atoms with Gasteiger partial charge in [-0.1, -0.05) is 0 Å². The lowest BCUT2D eigenvalue weighted by Crippen LogP contribution is -2.59. The van der Waals surface area contributed by atoms with Crippen LogP contribution in [0.1, 0.15) is 32.1 Å². The number of fused-ring (bicyclic) bond motifs is 4. The summed E-state index contributed by atoms with van der Waals surface area (Å²) in [7, 11) is 0. The van der Waals surface area contributed by atoms with Crippen LogP contribution in [-0.2, 0) is 11.3 Å². The normalized spacial score (nSPS) is 30.8. The standard InChI is InChI=1S/C17H21N3O2/c18-16-5-7-17(8-6-16,22-12-16)9-11-20-14(21)4-3-13-2-1-10-19-15(13)20/h1-4,10H,5-9,11-12,18H2. The second-order valence-electron chi connectivity index (χ2n) is 6.82. The van der Waals surface area contributed by atoms with Crippen LogP contribution in [0.2, 0.25) is 0 Å². The Labute approximate surface area is 129 Å². The monoisotopic (exact) mass is 299 g/mol. The minimum absolute atomic E-state index is 0.00221. The summed E-state index contributed by atoms with van der Waals surface area (Å²) in [5, 5.41) is 0.994. The second-order valence-corrected chi connectivity index (χ2v) is 6.82. The molecule has 0 unspecified atom stereocenters. The summed E-state index contributed by atoms with van der Waals surface area (Å²) in [6.45, 7) is 1.29. The van der Waals surface area contributed by atoms with E-state index < -0.39 is 0 Å². The molecule has 5 heteroatoms. The van der Waals surface area contributed by atoms with Gasteiger partial charge >= 0.3 is 0 Å². The highest BCUT2D eigenvalue weighted by atomic mass is 16.5. The second kappa shape index (κ2) is 4.89. The van der Waals surface area contributed by atoms with Crippen molar-refractivity contribution in [2.24, 2.45) is 5.73 Å². The molecule has 5 nitrogen and oxygen atoms in total. The van der Waals surface area contributed by atoms with Crippen LogP contribution in [0.3, 0.4) is 0 Å². The fraction of sp³-hybridized carbons (Fsp3) is 0.529. The van der Waals surface area contributed by atoms with E-state index in [2.05, 4.69) is 4.98 Å². The number of hydrogen-bond donors (Lipinski definition) is 1. The van der Waals surface area contributed by atoms with Gasteiger partial charge in [-0.25, -0.2) is 4.98 Å². The average Bonchev–Trinajstić information content (AvgIpc) is 2.55. The molecule has 1 aliphatic carbocycles. The van der Waals surface area contributed by atoms with Gasteiger partial charge < -0.3 is 10.5 Å². The molecule has 2 saturated heterocycles. The lowest BCUT2D eigenvalue weighted by molar-refractivity contribution is -0.157. The van der Waals surface area contributed by atoms with Crippen LogP contribution >= 0.6 is 0 Å². The number of ether oxygens (including phenoxy) is 1. The van der Waals surface area contributed by atoms with Crippen LogP contribution in [0.15, 0.2) is 35.3 Å². The van der Waals surface area contributed by atoms with E-state index in [9.17, 15) is 4.79 Å². The number of rotatable bonds is 3. The van der Waals surface area contributed by atoms with Gasteiger partial charge in [0.05, 0.1) is 12.2 Å². The third-order valence-corrected chi connectivity index (χ3v) is 5.36. The highest BCUT2D eigenvalue weighted by molar-refractivity contribution is 5.74. The van der Waals surface area contributed by atoms with Crippen molar-refractivity contribution in [3.63, 3.8) is 0 Å². The quantitative estimate of drug-likeness (QED) is 0.938. The van der Waals surface area contributed by atoms with E-state index in [-0.39, 0.29) is 16.7 Å². The molecule has 0 radical (unpaired) electrons. The Morgan fingerprint density at radius 3 is 2.77 bits per heavy atom. The highest BCUT2D eigenvalue weighted by Crippen LogP contribution is 2.44. The number of pyridine rings is 2. The lowest BCUT2D eigenvalue weighted by Gasteiger charge is -2.51. The van der Waals surface area contributed by atoms with Gasteiger partial charge in [-0.15, -0.1) is 0 Å². The predicted molar refractivity (Wildman–Crippen MR) is 84.7 cm³/mol. The van der Waals surface area contributed by atoms with Gasteiger partial charge in [-0.3, -0.25) is 9.36 Å². The van der Waals surface area contributed by atoms with E-state index in [0.29, 0.717) is 13.2 Å². The Hall–Kier alpha value is -1.72. The third kappa shape index (κ3) is 2.25. The Balaban J connectivity index is 1.60. The minimum atomic E-state index is -0.112. The van der Waals surface area contributed by atoms with Gasteiger partial charge in [0.1, 0.15) is 5.65 Å². The maximum absolute atomic E-state index is 12.2. The zero-order valence-electron chi connectivity index (χ0n) is 12.6. The summed E-state index contributed by atoms with van der Waals surface area (Å²) in [6, 6.07) is 7.33. The maximum atomic E-state index is 12.2. The van der Waals surface area contributed by atoms with E-state index in [1.807, 2.05) is 18.2 Å². The molecule has 3 fully saturated rings. The molecule has 2 bridgehead atoms. The molecular weight excluding hydrogens is 278 g/mol. The van der Waals surface area contributed by atoms with E-state index in [1.54, 1.807) is 16.8 Å². The average molecular weight is 299 g/mol. The summed E-state index contributed by atoms with van der Waals surface area (Å²) in [6.07, 6.45) is 6.62. The summed E-state index contributed by atoms with van der Waals surface area (Å²) in [4.78, 5) is 16.6. The number of nitrogens with zero attached hydrogens (tertiary/aromatic N) is 2. The van der Waals surface area contributed by atoms with Crippen LogP contribution in [0.5, 0.6) is 0 Å². The van der Waals surface area contributed by atoms with Gasteiger partial charge in [0.2, 0.25) is 0 Å². The van der Waals surface area contributed by atoms with E-state index in [0.717, 1.165) is 43.1 Å². The van der Waals surface area contributed by atoms with Crippen molar-refractivity contribution in [1.29, 1.82) is 0 Å². The molecule has 2 aromatic heterocycles. The summed E-state index contributed by atoms with van der Waals surface area (Å²) in [5.74, 6) is 0. The van der Waals surface area contributed by atoms with E-state index >= 15 is 0 Å². The van der Waals surface area contributed by atoms with Crippen molar-refractivity contribution in [3.8, 4) is 0 Å². The van der Waals surface area contributed by atoms with Gasteiger partial charge in [-0.05, 0) is 50.3 Å². The van der Waals surface area contributed by atoms with E-state index in [1.165, 1.54) is 0 Å². The maximum Gasteiger partial charge on any atom is 0.252 e. The van der Waals surface area contributed by atoms with Gasteiger partial charge in [0, 0.05) is 29.7 Å². The van der Waals surface area contributed by atoms with Gasteiger partial charge in [0.25, 0.3) is 5.56 Å². The fourth-order valence-corrected chi connectivity index (χ4v) is 3.76. The molecule has 0 atom stereocenters. The molecule has 3 aliphatic rings. The van der Waals surface area contributed by atoms with Crippen molar-refractivity contribution < 1.29 is 4.74 Å². The van der Waals surface area contributed by atoms with Crippen LogP contribution in [-0.4, -0.2) is 27.3 Å². The Kier molecular flexibility index (Phi) is 3.09. The lowest BCUT2D eigenvalue weighted by atomic mass is 9.70. The van der Waals surface area contributed by atoms with Gasteiger partial charge in [-0.2, -0.15) is 0 Å². The minimum Gasteiger partial charge on any atom is -0.373 e. The summed E-state index contributed by atoms with van der Waals surface area (Å²) >= 11 is 0. The van der Waals surface area contributed by atoms with Gasteiger partial charge in [0.15, 0.2) is 0 Å². The fourth-order valence-electron chi connectivity index (χ4n) is 3.76. The van der Waals surface area contributed by atoms with Crippen molar-refractivity contribution >= 4 is 11.0 Å². The van der Waals surface area contributed by atoms with Crippen molar-refractivity contribution in [2.45, 2.75) is 49.8 Å². The van der Waals surface area contributed by atoms with Crippen molar-refractivity contribution in [1.82, 2.24) is 9.55 Å². The first-order chi connectivity index (χ1) is 10.6. The molecule has 0 aromatic carbocycles. The molecule has 2 aromatic rings. The van der Waals surface area contributed by atoms with Crippen LogP contribution in [0, 0.1) is 0 Å². The number of nitrogens with two attached hydrogens (primary N) is 1. The third-order valence-electron chi connectivity index (χ3n) is 5.36. The van der Waals surface area contributed by atoms with Crippen LogP contribution in [0.25, 0.3) is 11.0 Å². The van der Waals surface area contributed by atoms with E-state index in [4.69, 9.17) is 10.5 Å². The summed E-state index contributed by atoms with van der Waals surface area (Å²) in [5.41, 5.74) is 6.82. The SMILES string of the molecule is NC12CCC(CCn3c(=O)ccc4cccnc43)(CC1)OC2. The molecule has 22 heavy (non-hydrogen) atoms. The zero-order valence-corrected chi connectivity index (χ0v) is 12.6. The molecule has 2 aliphatic heterocycles. The number of aromatic nitrogens is 2. The Morgan fingerprint density at radius 1 is 1.23 bits per heavy atom. The Bertz CT molecular complexity index is 743. The van der Waals surface area contributed by atoms with Crippen molar-refractivity contribution in [2.75, 3.05) is 6.61 Å². The largest absolute Gasteiger partial charge is 0.373 e. The first-order valence-electron chi connectivity index (χ1n) is 7.97. The van der Waals surface area contributed by atoms with Crippen LogP contribution < -0.4 is 11.3 Å². The van der Waals surface area contributed by atoms with Crippen molar-refractivity contribution in [3.05, 3.63) is 40.8 Å². The number of hydrogen-bond acceptors (Lipinski definition) is 4. The molecule has 5 rings (SSSR count). The molecule has 116 valence electrons.